The van der Waals surface area contributed by atoms with Crippen molar-refractivity contribution in [2.75, 3.05) is 6.26 Å². The minimum absolute atomic E-state index is 0.435. The Morgan fingerprint density at radius 2 is 1.94 bits per heavy atom. The number of hydrogen-bond acceptors (Lipinski definition) is 3. The summed E-state index contributed by atoms with van der Waals surface area (Å²) in [5.74, 6) is 6.36. The van der Waals surface area contributed by atoms with Gasteiger partial charge >= 0.3 is 0 Å². The van der Waals surface area contributed by atoms with Crippen molar-refractivity contribution in [1.29, 1.82) is 0 Å². The van der Waals surface area contributed by atoms with E-state index in [9.17, 15) is 0 Å². The first-order valence-corrected chi connectivity index (χ1v) is 7.96. The van der Waals surface area contributed by atoms with E-state index < -0.39 is 0 Å². The molecule has 0 aromatic rings. The van der Waals surface area contributed by atoms with Crippen LogP contribution in [0, 0.1) is 0 Å². The molecule has 0 aromatic heterocycles. The fraction of sp³-hybridized carbons (Fsp3) is 0.917. The Hall–Kier alpha value is -0.420. The predicted molar refractivity (Wildman–Crippen MR) is 75.1 cm³/mol. The molecule has 0 amide bonds. The predicted octanol–water partition coefficient (Wildman–Crippen LogP) is 1.62. The average molecular weight is 256 g/mol. The summed E-state index contributed by atoms with van der Waals surface area (Å²) in [7, 11) is 0. The lowest BCUT2D eigenvalue weighted by atomic mass is 10.2. The number of rotatable bonds is 3. The zero-order valence-electron chi connectivity index (χ0n) is 10.6. The highest BCUT2D eigenvalue weighted by Crippen LogP contribution is 2.30. The van der Waals surface area contributed by atoms with Gasteiger partial charge in [0.05, 0.1) is 6.04 Å². The maximum atomic E-state index is 5.57. The van der Waals surface area contributed by atoms with Gasteiger partial charge in [-0.3, -0.25) is 5.43 Å². The molecule has 2 aliphatic carbocycles. The van der Waals surface area contributed by atoms with Crippen LogP contribution in [0.4, 0.5) is 0 Å². The van der Waals surface area contributed by atoms with Gasteiger partial charge in [-0.1, -0.05) is 19.3 Å². The van der Waals surface area contributed by atoms with E-state index in [1.165, 1.54) is 44.9 Å². The molecule has 2 unspecified atom stereocenters. The first-order chi connectivity index (χ1) is 8.33. The number of aliphatic imine (C=N–C) groups is 1. The van der Waals surface area contributed by atoms with E-state index in [1.807, 2.05) is 11.8 Å². The molecule has 0 aliphatic heterocycles. The van der Waals surface area contributed by atoms with Gasteiger partial charge in [0.2, 0.25) is 5.96 Å². The van der Waals surface area contributed by atoms with Gasteiger partial charge in [0.25, 0.3) is 0 Å². The lowest BCUT2D eigenvalue weighted by molar-refractivity contribution is 0.605. The lowest BCUT2D eigenvalue weighted by Crippen LogP contribution is -2.46. The molecule has 0 saturated heterocycles. The van der Waals surface area contributed by atoms with Crippen LogP contribution in [0.3, 0.4) is 0 Å². The maximum absolute atomic E-state index is 5.57. The third kappa shape index (κ3) is 3.52. The number of guanidine groups is 1. The quantitative estimate of drug-likeness (QED) is 0.311. The molecule has 2 saturated carbocycles. The van der Waals surface area contributed by atoms with E-state index in [4.69, 9.17) is 10.8 Å². The molecule has 0 aromatic carbocycles. The van der Waals surface area contributed by atoms with E-state index >= 15 is 0 Å². The molecule has 2 rings (SSSR count). The molecule has 0 heterocycles. The summed E-state index contributed by atoms with van der Waals surface area (Å²) in [6.45, 7) is 0. The minimum atomic E-state index is 0.435. The lowest BCUT2D eigenvalue weighted by Gasteiger charge is -2.19. The highest BCUT2D eigenvalue weighted by Gasteiger charge is 2.26. The van der Waals surface area contributed by atoms with Crippen LogP contribution < -0.4 is 16.6 Å². The Bertz CT molecular complexity index is 263. The van der Waals surface area contributed by atoms with E-state index in [1.54, 1.807) is 0 Å². The molecule has 2 fully saturated rings. The van der Waals surface area contributed by atoms with Crippen molar-refractivity contribution in [2.45, 2.75) is 62.3 Å². The number of thioether (sulfide) groups is 1. The Morgan fingerprint density at radius 1 is 1.18 bits per heavy atom. The van der Waals surface area contributed by atoms with E-state index in [0.29, 0.717) is 17.3 Å². The Labute approximate surface area is 108 Å². The molecule has 0 radical (unpaired) electrons. The fourth-order valence-corrected chi connectivity index (χ4v) is 3.79. The summed E-state index contributed by atoms with van der Waals surface area (Å²) in [5.41, 5.74) is 2.73. The molecular formula is C12H24N4S. The van der Waals surface area contributed by atoms with Gasteiger partial charge in [-0.25, -0.2) is 10.8 Å². The van der Waals surface area contributed by atoms with Crippen molar-refractivity contribution in [3.05, 3.63) is 0 Å². The number of hydrazine groups is 1. The Kier molecular flexibility index (Phi) is 4.98. The molecule has 0 bridgehead atoms. The van der Waals surface area contributed by atoms with Gasteiger partial charge in [-0.2, -0.15) is 11.8 Å². The highest BCUT2D eigenvalue weighted by atomic mass is 32.2. The number of nitrogens with one attached hydrogen (secondary N) is 2. The summed E-state index contributed by atoms with van der Waals surface area (Å²) in [6, 6.07) is 1.00. The van der Waals surface area contributed by atoms with Gasteiger partial charge in [-0.15, -0.1) is 0 Å². The van der Waals surface area contributed by atoms with Crippen molar-refractivity contribution >= 4 is 17.7 Å². The summed E-state index contributed by atoms with van der Waals surface area (Å²) >= 11 is 1.93. The summed E-state index contributed by atoms with van der Waals surface area (Å²) in [6.07, 6.45) is 11.1. The van der Waals surface area contributed by atoms with Crippen molar-refractivity contribution in [1.82, 2.24) is 10.7 Å². The van der Waals surface area contributed by atoms with Crippen molar-refractivity contribution in [3.8, 4) is 0 Å². The summed E-state index contributed by atoms with van der Waals surface area (Å²) in [4.78, 5) is 4.76. The van der Waals surface area contributed by atoms with E-state index in [-0.39, 0.29) is 0 Å². The highest BCUT2D eigenvalue weighted by molar-refractivity contribution is 7.99. The summed E-state index contributed by atoms with van der Waals surface area (Å²) < 4.78 is 0. The second-order valence-corrected chi connectivity index (χ2v) is 6.10. The number of nitrogens with two attached hydrogens (primary N) is 1. The molecular weight excluding hydrogens is 232 g/mol. The molecule has 2 atom stereocenters. The molecule has 4 nitrogen and oxygen atoms in total. The van der Waals surface area contributed by atoms with Gasteiger partial charge in [-0.05, 0) is 31.9 Å². The van der Waals surface area contributed by atoms with Gasteiger partial charge in [0.15, 0.2) is 0 Å². The van der Waals surface area contributed by atoms with Crippen molar-refractivity contribution < 1.29 is 0 Å². The van der Waals surface area contributed by atoms with Crippen LogP contribution in [0.15, 0.2) is 4.99 Å². The largest absolute Gasteiger partial charge is 0.353 e. The molecule has 5 heteroatoms. The molecule has 17 heavy (non-hydrogen) atoms. The third-order valence-electron chi connectivity index (χ3n) is 3.85. The standard InChI is InChI=1S/C12H24N4S/c1-17-11-8-4-7-10(11)15-12(16-13)14-9-5-2-3-6-9/h9-11H,2-8,13H2,1H3,(H2,14,15,16). The van der Waals surface area contributed by atoms with Crippen LogP contribution in [-0.2, 0) is 0 Å². The molecule has 4 N–H and O–H groups in total. The van der Waals surface area contributed by atoms with Gasteiger partial charge < -0.3 is 5.32 Å². The zero-order valence-corrected chi connectivity index (χ0v) is 11.4. The van der Waals surface area contributed by atoms with Crippen LogP contribution in [0.2, 0.25) is 0 Å². The molecule has 2 aliphatic rings. The molecule has 98 valence electrons. The topological polar surface area (TPSA) is 62.4 Å². The molecule has 0 spiro atoms. The smallest absolute Gasteiger partial charge is 0.206 e. The fourth-order valence-electron chi connectivity index (χ4n) is 2.87. The van der Waals surface area contributed by atoms with Crippen LogP contribution in [0.5, 0.6) is 0 Å². The van der Waals surface area contributed by atoms with E-state index in [2.05, 4.69) is 17.0 Å². The second-order valence-electron chi connectivity index (χ2n) is 5.02. The van der Waals surface area contributed by atoms with Gasteiger partial charge in [0.1, 0.15) is 0 Å². The number of nitrogens with zero attached hydrogens (tertiary/aromatic N) is 1. The zero-order chi connectivity index (χ0) is 12.1. The average Bonchev–Trinajstić information content (AvgIpc) is 2.99. The first-order valence-electron chi connectivity index (χ1n) is 6.67. The first kappa shape index (κ1) is 13.0. The second kappa shape index (κ2) is 6.50. The van der Waals surface area contributed by atoms with Crippen LogP contribution >= 0.6 is 11.8 Å². The van der Waals surface area contributed by atoms with Gasteiger partial charge in [0, 0.05) is 11.3 Å². The Balaban J connectivity index is 1.91. The van der Waals surface area contributed by atoms with Crippen molar-refractivity contribution in [3.63, 3.8) is 0 Å². The summed E-state index contributed by atoms with van der Waals surface area (Å²) in [5, 5.41) is 4.11. The normalized spacial score (nSPS) is 30.8. The number of hydrogen-bond donors (Lipinski definition) is 3. The van der Waals surface area contributed by atoms with Crippen LogP contribution in [-0.4, -0.2) is 29.5 Å². The minimum Gasteiger partial charge on any atom is -0.353 e. The SMILES string of the molecule is CSC1CCCC1N=C(NN)NC1CCCC1. The van der Waals surface area contributed by atoms with Crippen molar-refractivity contribution in [2.24, 2.45) is 10.8 Å². The Morgan fingerprint density at radius 3 is 2.59 bits per heavy atom. The third-order valence-corrected chi connectivity index (χ3v) is 5.00. The maximum Gasteiger partial charge on any atom is 0.206 e. The van der Waals surface area contributed by atoms with Crippen LogP contribution in [0.1, 0.15) is 44.9 Å². The van der Waals surface area contributed by atoms with Crippen LogP contribution in [0.25, 0.3) is 0 Å². The monoisotopic (exact) mass is 256 g/mol. The van der Waals surface area contributed by atoms with E-state index in [0.717, 1.165) is 5.96 Å².